The number of anilines is 3. The zero-order valence-electron chi connectivity index (χ0n) is 22.5. The van der Waals surface area contributed by atoms with Gasteiger partial charge >= 0.3 is 0 Å². The maximum Gasteiger partial charge on any atom is 0.254 e. The fourth-order valence-electron chi connectivity index (χ4n) is 5.16. The first-order valence-electron chi connectivity index (χ1n) is 13.5. The molecule has 0 atom stereocenters. The Morgan fingerprint density at radius 2 is 1.90 bits per heavy atom. The third-order valence-corrected chi connectivity index (χ3v) is 7.52. The topological polar surface area (TPSA) is 124 Å². The zero-order valence-corrected chi connectivity index (χ0v) is 22.5. The van der Waals surface area contributed by atoms with E-state index in [2.05, 4.69) is 25.3 Å². The van der Waals surface area contributed by atoms with Crippen molar-refractivity contribution in [2.24, 2.45) is 0 Å². The standard InChI is InChI=1S/C27H33FN10O2/c1-34(27-31-24-18-21(23-3-2-16-40-23)33-38(24)26(29)32-27)10-11-35-12-14-36(15-13-35)22-5-4-19(17-20(22)28)25(39)37-8-6-30-7-9-37/h2-5,16-18,30H,6-15H2,1H3,(H2,29,31,32). The summed E-state index contributed by atoms with van der Waals surface area (Å²) in [5, 5.41) is 7.67. The van der Waals surface area contributed by atoms with E-state index in [4.69, 9.17) is 10.2 Å². The minimum atomic E-state index is -0.352. The lowest BCUT2D eigenvalue weighted by atomic mass is 10.1. The average Bonchev–Trinajstić information content (AvgIpc) is 3.67. The van der Waals surface area contributed by atoms with Crippen molar-refractivity contribution in [2.45, 2.75) is 0 Å². The van der Waals surface area contributed by atoms with Crippen molar-refractivity contribution >= 4 is 29.1 Å². The van der Waals surface area contributed by atoms with Crippen LogP contribution in [0.15, 0.2) is 47.1 Å². The zero-order chi connectivity index (χ0) is 27.6. The predicted octanol–water partition coefficient (Wildman–Crippen LogP) is 1.41. The normalized spacial score (nSPS) is 16.6. The van der Waals surface area contributed by atoms with E-state index >= 15 is 4.39 Å². The first-order chi connectivity index (χ1) is 19.5. The lowest BCUT2D eigenvalue weighted by molar-refractivity contribution is 0.0735. The second-order valence-corrected chi connectivity index (χ2v) is 10.1. The van der Waals surface area contributed by atoms with E-state index in [1.807, 2.05) is 29.0 Å². The highest BCUT2D eigenvalue weighted by molar-refractivity contribution is 5.94. The van der Waals surface area contributed by atoms with E-state index in [1.165, 1.54) is 10.6 Å². The molecule has 0 radical (unpaired) electrons. The molecule has 12 nitrogen and oxygen atoms in total. The Hall–Kier alpha value is -4.23. The number of carbonyl (C=O) groups is 1. The molecule has 1 aromatic carbocycles. The molecule has 2 aliphatic heterocycles. The summed E-state index contributed by atoms with van der Waals surface area (Å²) in [6.07, 6.45) is 1.59. The lowest BCUT2D eigenvalue weighted by Crippen LogP contribution is -2.48. The maximum atomic E-state index is 15.0. The van der Waals surface area contributed by atoms with Crippen molar-refractivity contribution in [3.63, 3.8) is 0 Å². The fraction of sp³-hybridized carbons (Fsp3) is 0.407. The third kappa shape index (κ3) is 5.29. The Morgan fingerprint density at radius 1 is 1.10 bits per heavy atom. The molecule has 4 aromatic rings. The number of benzene rings is 1. The number of fused-ring (bicyclic) bond motifs is 1. The van der Waals surface area contributed by atoms with Crippen LogP contribution in [0.4, 0.5) is 22.0 Å². The van der Waals surface area contributed by atoms with Crippen LogP contribution < -0.4 is 20.9 Å². The fourth-order valence-corrected chi connectivity index (χ4v) is 5.16. The lowest BCUT2D eigenvalue weighted by Gasteiger charge is -2.37. The second kappa shape index (κ2) is 11.1. The van der Waals surface area contributed by atoms with E-state index in [1.54, 1.807) is 29.4 Å². The predicted molar refractivity (Wildman–Crippen MR) is 150 cm³/mol. The number of furan rings is 1. The molecule has 5 heterocycles. The number of likely N-dealkylation sites (N-methyl/N-ethyl adjacent to an activating group) is 1. The molecule has 0 aliphatic carbocycles. The highest BCUT2D eigenvalue weighted by Gasteiger charge is 2.23. The van der Waals surface area contributed by atoms with Gasteiger partial charge in [0.05, 0.1) is 12.0 Å². The van der Waals surface area contributed by atoms with Gasteiger partial charge in [0.2, 0.25) is 11.9 Å². The Morgan fingerprint density at radius 3 is 2.62 bits per heavy atom. The number of halogens is 1. The molecule has 0 unspecified atom stereocenters. The van der Waals surface area contributed by atoms with Gasteiger partial charge < -0.3 is 30.2 Å². The molecular formula is C27H33FN10O2. The number of nitrogens with two attached hydrogens (primary N) is 1. The summed E-state index contributed by atoms with van der Waals surface area (Å²) in [4.78, 5) is 29.9. The van der Waals surface area contributed by atoms with Gasteiger partial charge in [0.15, 0.2) is 11.4 Å². The van der Waals surface area contributed by atoms with E-state index in [-0.39, 0.29) is 17.7 Å². The molecule has 2 saturated heterocycles. The van der Waals surface area contributed by atoms with Gasteiger partial charge in [-0.1, -0.05) is 0 Å². The van der Waals surface area contributed by atoms with E-state index in [0.29, 0.717) is 67.0 Å². The highest BCUT2D eigenvalue weighted by Crippen LogP contribution is 2.24. The van der Waals surface area contributed by atoms with Crippen molar-refractivity contribution in [3.05, 3.63) is 54.0 Å². The molecule has 3 N–H and O–H groups in total. The van der Waals surface area contributed by atoms with Gasteiger partial charge in [-0.3, -0.25) is 9.69 Å². The number of carbonyl (C=O) groups excluding carboxylic acids is 1. The van der Waals surface area contributed by atoms with Crippen LogP contribution in [0.5, 0.6) is 0 Å². The molecule has 6 rings (SSSR count). The largest absolute Gasteiger partial charge is 0.463 e. The number of amides is 1. The van der Waals surface area contributed by atoms with Crippen LogP contribution in [0.3, 0.4) is 0 Å². The van der Waals surface area contributed by atoms with Crippen LogP contribution in [-0.2, 0) is 0 Å². The van der Waals surface area contributed by atoms with Crippen LogP contribution in [0, 0.1) is 5.82 Å². The Balaban J connectivity index is 1.03. The summed E-state index contributed by atoms with van der Waals surface area (Å²) < 4.78 is 22.0. The number of hydrogen-bond donors (Lipinski definition) is 2. The quantitative estimate of drug-likeness (QED) is 0.350. The van der Waals surface area contributed by atoms with E-state index in [9.17, 15) is 4.79 Å². The average molecular weight is 549 g/mol. The van der Waals surface area contributed by atoms with Crippen LogP contribution in [0.25, 0.3) is 17.1 Å². The Bertz CT molecular complexity index is 1480. The molecule has 40 heavy (non-hydrogen) atoms. The van der Waals surface area contributed by atoms with Crippen LogP contribution in [0.2, 0.25) is 0 Å². The van der Waals surface area contributed by atoms with Gasteiger partial charge in [0.25, 0.3) is 5.91 Å². The molecule has 3 aromatic heterocycles. The number of piperazine rings is 2. The van der Waals surface area contributed by atoms with Gasteiger partial charge in [-0.15, -0.1) is 0 Å². The van der Waals surface area contributed by atoms with Crippen molar-refractivity contribution < 1.29 is 13.6 Å². The summed E-state index contributed by atoms with van der Waals surface area (Å²) >= 11 is 0. The van der Waals surface area contributed by atoms with Crippen molar-refractivity contribution in [3.8, 4) is 11.5 Å². The maximum absolute atomic E-state index is 15.0. The van der Waals surface area contributed by atoms with Crippen LogP contribution >= 0.6 is 0 Å². The van der Waals surface area contributed by atoms with Crippen molar-refractivity contribution in [2.75, 3.05) is 88.0 Å². The molecule has 0 bridgehead atoms. The number of rotatable bonds is 7. The summed E-state index contributed by atoms with van der Waals surface area (Å²) in [5.41, 5.74) is 8.35. The number of nitrogens with zero attached hydrogens (tertiary/aromatic N) is 8. The molecule has 13 heteroatoms. The van der Waals surface area contributed by atoms with Crippen LogP contribution in [-0.4, -0.2) is 108 Å². The first kappa shape index (κ1) is 26.0. The molecule has 0 spiro atoms. The molecule has 0 saturated carbocycles. The van der Waals surface area contributed by atoms with E-state index < -0.39 is 0 Å². The monoisotopic (exact) mass is 548 g/mol. The minimum absolute atomic E-state index is 0.114. The summed E-state index contributed by atoms with van der Waals surface area (Å²) in [7, 11) is 1.93. The summed E-state index contributed by atoms with van der Waals surface area (Å²) in [6, 6.07) is 10.3. The smallest absolute Gasteiger partial charge is 0.254 e. The number of hydrogen-bond acceptors (Lipinski definition) is 10. The van der Waals surface area contributed by atoms with Gasteiger partial charge in [-0.2, -0.15) is 19.6 Å². The third-order valence-electron chi connectivity index (χ3n) is 7.52. The Labute approximate surface area is 231 Å². The second-order valence-electron chi connectivity index (χ2n) is 10.1. The van der Waals surface area contributed by atoms with Crippen LogP contribution in [0.1, 0.15) is 10.4 Å². The number of nitrogens with one attached hydrogen (secondary N) is 1. The van der Waals surface area contributed by atoms with E-state index in [0.717, 1.165) is 32.7 Å². The Kier molecular flexibility index (Phi) is 7.22. The highest BCUT2D eigenvalue weighted by atomic mass is 19.1. The van der Waals surface area contributed by atoms with Gasteiger partial charge in [0.1, 0.15) is 11.5 Å². The molecule has 2 fully saturated rings. The van der Waals surface area contributed by atoms with Crippen molar-refractivity contribution in [1.29, 1.82) is 0 Å². The molecule has 1 amide bonds. The van der Waals surface area contributed by atoms with Gasteiger partial charge in [-0.25, -0.2) is 4.39 Å². The first-order valence-corrected chi connectivity index (χ1v) is 13.5. The summed E-state index contributed by atoms with van der Waals surface area (Å²) in [6.45, 7) is 7.31. The van der Waals surface area contributed by atoms with Gasteiger partial charge in [-0.05, 0) is 30.3 Å². The SMILES string of the molecule is CN(CCN1CCN(c2ccc(C(=O)N3CCNCC3)cc2F)CC1)c1nc(N)n2nc(-c3ccco3)cc2n1. The number of nitrogen functional groups attached to an aromatic ring is 1. The molecular weight excluding hydrogens is 515 g/mol. The van der Waals surface area contributed by atoms with Gasteiger partial charge in [0, 0.05) is 84.1 Å². The summed E-state index contributed by atoms with van der Waals surface area (Å²) in [5.74, 6) is 0.942. The van der Waals surface area contributed by atoms with Crippen molar-refractivity contribution in [1.82, 2.24) is 34.7 Å². The number of aromatic nitrogens is 4. The minimum Gasteiger partial charge on any atom is -0.463 e. The molecule has 2 aliphatic rings. The molecule has 210 valence electrons.